The Bertz CT molecular complexity index is 594. The summed E-state index contributed by atoms with van der Waals surface area (Å²) in [5, 5.41) is 5.04. The Morgan fingerprint density at radius 3 is 2.50 bits per heavy atom. The first-order chi connectivity index (χ1) is 9.48. The van der Waals surface area contributed by atoms with E-state index in [1.807, 2.05) is 19.9 Å². The fourth-order valence-electron chi connectivity index (χ4n) is 1.92. The molecule has 2 rings (SSSR count). The lowest BCUT2D eigenvalue weighted by Gasteiger charge is -2.21. The lowest BCUT2D eigenvalue weighted by Crippen LogP contribution is -2.36. The first kappa shape index (κ1) is 15.3. The Hall–Kier alpha value is -1.10. The summed E-state index contributed by atoms with van der Waals surface area (Å²) < 4.78 is 5.27. The highest BCUT2D eigenvalue weighted by atomic mass is 35.5. The summed E-state index contributed by atoms with van der Waals surface area (Å²) in [6, 6.07) is 5.43. The number of hydrogen-bond donors (Lipinski definition) is 1. The molecule has 6 heteroatoms. The number of hydrogen-bond acceptors (Lipinski definition) is 4. The molecule has 0 amide bonds. The van der Waals surface area contributed by atoms with Crippen LogP contribution >= 0.6 is 23.2 Å². The minimum atomic E-state index is -0.528. The molecule has 108 valence electrons. The molecular formula is C14H17Cl2N3O. The van der Waals surface area contributed by atoms with Crippen LogP contribution in [0.15, 0.2) is 22.7 Å². The van der Waals surface area contributed by atoms with Crippen LogP contribution in [-0.2, 0) is 12.0 Å². The Morgan fingerprint density at radius 1 is 1.20 bits per heavy atom. The highest BCUT2D eigenvalue weighted by Gasteiger charge is 2.28. The fraction of sp³-hybridized carbons (Fsp3) is 0.429. The van der Waals surface area contributed by atoms with Gasteiger partial charge in [-0.25, -0.2) is 0 Å². The van der Waals surface area contributed by atoms with Crippen molar-refractivity contribution in [3.05, 3.63) is 45.5 Å². The van der Waals surface area contributed by atoms with Gasteiger partial charge in [-0.2, -0.15) is 4.98 Å². The molecule has 1 aromatic heterocycles. The maximum Gasteiger partial charge on any atom is 0.231 e. The van der Waals surface area contributed by atoms with Gasteiger partial charge in [0.05, 0.1) is 22.0 Å². The second kappa shape index (κ2) is 6.12. The molecule has 0 atom stereocenters. The number of aromatic nitrogens is 2. The molecule has 0 bridgehead atoms. The zero-order valence-electron chi connectivity index (χ0n) is 11.5. The fourth-order valence-corrected chi connectivity index (χ4v) is 2.24. The van der Waals surface area contributed by atoms with E-state index in [9.17, 15) is 0 Å². The number of nitrogens with two attached hydrogens (primary N) is 1. The second-order valence-corrected chi connectivity index (χ2v) is 5.61. The van der Waals surface area contributed by atoms with Crippen LogP contribution in [0.25, 0.3) is 0 Å². The molecule has 4 nitrogen and oxygen atoms in total. The van der Waals surface area contributed by atoms with Gasteiger partial charge in [-0.15, -0.1) is 0 Å². The van der Waals surface area contributed by atoms with Gasteiger partial charge in [-0.3, -0.25) is 0 Å². The lowest BCUT2D eigenvalue weighted by molar-refractivity contribution is 0.337. The van der Waals surface area contributed by atoms with Gasteiger partial charge in [0, 0.05) is 0 Å². The molecule has 2 aromatic rings. The van der Waals surface area contributed by atoms with Crippen molar-refractivity contribution in [2.45, 2.75) is 38.6 Å². The minimum absolute atomic E-state index is 0.507. The average Bonchev–Trinajstić information content (AvgIpc) is 2.91. The van der Waals surface area contributed by atoms with Gasteiger partial charge in [-0.1, -0.05) is 48.3 Å². The molecule has 1 heterocycles. The van der Waals surface area contributed by atoms with E-state index in [-0.39, 0.29) is 0 Å². The van der Waals surface area contributed by atoms with Crippen LogP contribution in [0.1, 0.15) is 44.0 Å². The molecule has 1 aromatic carbocycles. The minimum Gasteiger partial charge on any atom is -0.339 e. The van der Waals surface area contributed by atoms with Gasteiger partial charge >= 0.3 is 0 Å². The molecule has 0 aliphatic heterocycles. The molecule has 0 aliphatic carbocycles. The van der Waals surface area contributed by atoms with E-state index >= 15 is 0 Å². The summed E-state index contributed by atoms with van der Waals surface area (Å²) >= 11 is 11.9. The topological polar surface area (TPSA) is 64.9 Å². The SMILES string of the molecule is CCC(N)(CC)c1noc(Cc2ccc(Cl)c(Cl)c2)n1. The quantitative estimate of drug-likeness (QED) is 0.908. The first-order valence-electron chi connectivity index (χ1n) is 6.54. The van der Waals surface area contributed by atoms with Crippen LogP contribution < -0.4 is 5.73 Å². The summed E-state index contributed by atoms with van der Waals surface area (Å²) in [7, 11) is 0. The summed E-state index contributed by atoms with van der Waals surface area (Å²) in [4.78, 5) is 4.39. The number of nitrogens with zero attached hydrogens (tertiary/aromatic N) is 2. The second-order valence-electron chi connectivity index (χ2n) is 4.80. The van der Waals surface area contributed by atoms with Crippen molar-refractivity contribution in [2.24, 2.45) is 5.73 Å². The molecule has 20 heavy (non-hydrogen) atoms. The van der Waals surface area contributed by atoms with Crippen LogP contribution in [0.2, 0.25) is 10.0 Å². The van der Waals surface area contributed by atoms with Crippen molar-refractivity contribution in [3.63, 3.8) is 0 Å². The highest BCUT2D eigenvalue weighted by molar-refractivity contribution is 6.42. The standard InChI is InChI=1S/C14H17Cl2N3O/c1-3-14(17,4-2)13-18-12(20-19-13)8-9-5-6-10(15)11(16)7-9/h5-7H,3-4,8,17H2,1-2H3. The zero-order chi connectivity index (χ0) is 14.8. The third-order valence-corrected chi connectivity index (χ3v) is 4.25. The molecule has 0 unspecified atom stereocenters. The van der Waals surface area contributed by atoms with Gasteiger partial charge < -0.3 is 10.3 Å². The van der Waals surface area contributed by atoms with E-state index in [4.69, 9.17) is 33.5 Å². The first-order valence-corrected chi connectivity index (χ1v) is 7.30. The van der Waals surface area contributed by atoms with E-state index in [2.05, 4.69) is 10.1 Å². The van der Waals surface area contributed by atoms with Crippen molar-refractivity contribution in [1.82, 2.24) is 10.1 Å². The smallest absolute Gasteiger partial charge is 0.231 e. The summed E-state index contributed by atoms with van der Waals surface area (Å²) in [5.74, 6) is 1.08. The summed E-state index contributed by atoms with van der Waals surface area (Å²) in [6.07, 6.45) is 2.03. The molecule has 0 saturated carbocycles. The molecule has 2 N–H and O–H groups in total. The van der Waals surface area contributed by atoms with E-state index in [0.29, 0.717) is 28.2 Å². The van der Waals surface area contributed by atoms with E-state index in [1.165, 1.54) is 0 Å². The monoisotopic (exact) mass is 313 g/mol. The van der Waals surface area contributed by atoms with Crippen molar-refractivity contribution in [3.8, 4) is 0 Å². The largest absolute Gasteiger partial charge is 0.339 e. The van der Waals surface area contributed by atoms with Crippen LogP contribution in [0.3, 0.4) is 0 Å². The zero-order valence-corrected chi connectivity index (χ0v) is 13.0. The van der Waals surface area contributed by atoms with Gasteiger partial charge in [0.2, 0.25) is 5.89 Å². The average molecular weight is 314 g/mol. The van der Waals surface area contributed by atoms with E-state index in [1.54, 1.807) is 12.1 Å². The molecule has 0 fully saturated rings. The Balaban J connectivity index is 2.19. The van der Waals surface area contributed by atoms with Gasteiger partial charge in [0.1, 0.15) is 0 Å². The van der Waals surface area contributed by atoms with Crippen molar-refractivity contribution >= 4 is 23.2 Å². The summed E-state index contributed by atoms with van der Waals surface area (Å²) in [6.45, 7) is 4.02. The number of rotatable bonds is 5. The number of halogens is 2. The van der Waals surface area contributed by atoms with Crippen LogP contribution in [0.4, 0.5) is 0 Å². The Kier molecular flexibility index (Phi) is 4.68. The van der Waals surface area contributed by atoms with Crippen molar-refractivity contribution < 1.29 is 4.52 Å². The maximum atomic E-state index is 6.25. The van der Waals surface area contributed by atoms with Gasteiger partial charge in [0.25, 0.3) is 0 Å². The van der Waals surface area contributed by atoms with Gasteiger partial charge in [-0.05, 0) is 30.5 Å². The molecule has 0 spiro atoms. The predicted octanol–water partition coefficient (Wildman–Crippen LogP) is 3.94. The Labute approximate surface area is 128 Å². The van der Waals surface area contributed by atoms with E-state index in [0.717, 1.165) is 18.4 Å². The van der Waals surface area contributed by atoms with E-state index < -0.39 is 5.54 Å². The van der Waals surface area contributed by atoms with Crippen LogP contribution in [0, 0.1) is 0 Å². The van der Waals surface area contributed by atoms with Crippen molar-refractivity contribution in [2.75, 3.05) is 0 Å². The molecule has 0 aliphatic rings. The molecule has 0 saturated heterocycles. The molecule has 0 radical (unpaired) electrons. The third-order valence-electron chi connectivity index (χ3n) is 3.51. The molecular weight excluding hydrogens is 297 g/mol. The maximum absolute atomic E-state index is 6.25. The van der Waals surface area contributed by atoms with Crippen LogP contribution in [-0.4, -0.2) is 10.1 Å². The number of benzene rings is 1. The normalized spacial score (nSPS) is 11.8. The van der Waals surface area contributed by atoms with Crippen molar-refractivity contribution in [1.29, 1.82) is 0 Å². The summed E-state index contributed by atoms with van der Waals surface area (Å²) in [5.41, 5.74) is 6.68. The highest BCUT2D eigenvalue weighted by Crippen LogP contribution is 2.25. The lowest BCUT2D eigenvalue weighted by atomic mass is 9.93. The van der Waals surface area contributed by atoms with Crippen LogP contribution in [0.5, 0.6) is 0 Å². The van der Waals surface area contributed by atoms with Gasteiger partial charge in [0.15, 0.2) is 5.82 Å². The predicted molar refractivity (Wildman–Crippen MR) is 80.0 cm³/mol. The third kappa shape index (κ3) is 3.14. The Morgan fingerprint density at radius 2 is 1.90 bits per heavy atom.